The van der Waals surface area contributed by atoms with E-state index in [0.717, 1.165) is 13.5 Å². The Morgan fingerprint density at radius 1 is 1.09 bits per heavy atom. The third kappa shape index (κ3) is 6.65. The quantitative estimate of drug-likeness (QED) is 0.173. The van der Waals surface area contributed by atoms with Crippen LogP contribution in [0.15, 0.2) is 38.2 Å². The number of halogens is 4. The summed E-state index contributed by atoms with van der Waals surface area (Å²) in [5.41, 5.74) is 1.61. The molecule has 3 rings (SSSR count). The first kappa shape index (κ1) is 27.7. The number of benzene rings is 1. The van der Waals surface area contributed by atoms with Gasteiger partial charge in [-0.3, -0.25) is 0 Å². The van der Waals surface area contributed by atoms with Gasteiger partial charge in [0.1, 0.15) is 0 Å². The van der Waals surface area contributed by atoms with Crippen molar-refractivity contribution in [3.63, 3.8) is 0 Å². The Labute approximate surface area is 233 Å². The van der Waals surface area contributed by atoms with E-state index >= 15 is 0 Å². The number of aromatic nitrogens is 2. The molecule has 1 aromatic carbocycles. The molecule has 1 amide bonds. The minimum atomic E-state index is -0.622. The number of rotatable bonds is 9. The third-order valence-electron chi connectivity index (χ3n) is 4.97. The number of allylic oxidation sites excluding steroid dienone is 2. The number of nitrogens with zero attached hydrogens (tertiary/aromatic N) is 3. The van der Waals surface area contributed by atoms with Crippen molar-refractivity contribution in [1.82, 2.24) is 14.7 Å². The summed E-state index contributed by atoms with van der Waals surface area (Å²) in [6.45, 7) is 9.48. The van der Waals surface area contributed by atoms with Gasteiger partial charge in [-0.25, -0.2) is 0 Å². The van der Waals surface area contributed by atoms with E-state index in [4.69, 9.17) is 23.2 Å². The zero-order valence-electron chi connectivity index (χ0n) is 19.3. The van der Waals surface area contributed by atoms with Gasteiger partial charge in [-0.1, -0.05) is 0 Å². The number of ketones is 1. The van der Waals surface area contributed by atoms with E-state index in [1.54, 1.807) is 27.8 Å². The van der Waals surface area contributed by atoms with Gasteiger partial charge in [-0.05, 0) is 0 Å². The molecule has 0 fully saturated rings. The molecule has 0 atom stereocenters. The summed E-state index contributed by atoms with van der Waals surface area (Å²) in [6, 6.07) is 5.15. The van der Waals surface area contributed by atoms with Crippen LogP contribution in [0.2, 0.25) is 10.0 Å². The predicted molar refractivity (Wildman–Crippen MR) is 150 cm³/mol. The molecule has 10 heteroatoms. The Morgan fingerprint density at radius 3 is 2.26 bits per heavy atom. The van der Waals surface area contributed by atoms with E-state index in [9.17, 15) is 9.59 Å². The van der Waals surface area contributed by atoms with Crippen molar-refractivity contribution in [2.24, 2.45) is 11.8 Å². The van der Waals surface area contributed by atoms with Gasteiger partial charge in [0.25, 0.3) is 0 Å². The minimum absolute atomic E-state index is 0.183. The first-order chi connectivity index (χ1) is 16.0. The van der Waals surface area contributed by atoms with Gasteiger partial charge in [0.15, 0.2) is 0 Å². The molecule has 0 N–H and O–H groups in total. The van der Waals surface area contributed by atoms with Crippen LogP contribution in [0.4, 0.5) is 0 Å². The zero-order valence-corrected chi connectivity index (χ0v) is 26.1. The van der Waals surface area contributed by atoms with Crippen LogP contribution in [-0.4, -0.2) is 54.4 Å². The Morgan fingerprint density at radius 2 is 1.74 bits per heavy atom. The van der Waals surface area contributed by atoms with Crippen molar-refractivity contribution < 1.29 is 9.59 Å². The van der Waals surface area contributed by atoms with E-state index in [1.165, 1.54) is 0 Å². The summed E-state index contributed by atoms with van der Waals surface area (Å²) in [7, 11) is 0. The van der Waals surface area contributed by atoms with Gasteiger partial charge in [-0.2, -0.15) is 0 Å². The second-order valence-corrected chi connectivity index (χ2v) is 15.7. The molecule has 5 nitrogen and oxygen atoms in total. The van der Waals surface area contributed by atoms with Crippen molar-refractivity contribution in [1.29, 1.82) is 0 Å². The predicted octanol–water partition coefficient (Wildman–Crippen LogP) is 6.41. The molecule has 1 aromatic heterocycles. The van der Waals surface area contributed by atoms with Gasteiger partial charge in [0.05, 0.1) is 0 Å². The van der Waals surface area contributed by atoms with Crippen LogP contribution in [0.5, 0.6) is 0 Å². The fourth-order valence-electron chi connectivity index (χ4n) is 3.64. The van der Waals surface area contributed by atoms with Gasteiger partial charge < -0.3 is 0 Å². The molecule has 0 bridgehead atoms. The molecule has 2 heterocycles. The van der Waals surface area contributed by atoms with Gasteiger partial charge in [-0.15, -0.1) is 0 Å². The molecule has 0 unspecified atom stereocenters. The maximum absolute atomic E-state index is 13.3. The first-order valence-corrected chi connectivity index (χ1v) is 15.3. The Hall–Kier alpha value is -0.891. The Bertz CT molecular complexity index is 1170. The number of Topliss-reactive ketones (excluding diaryl/α,β-unsaturated/α-hetero) is 1. The monoisotopic (exact) mass is 697 g/mol. The molecule has 0 saturated heterocycles. The molecule has 2 aromatic rings. The van der Waals surface area contributed by atoms with Gasteiger partial charge in [0.2, 0.25) is 0 Å². The van der Waals surface area contributed by atoms with Crippen LogP contribution < -0.4 is 0 Å². The molecule has 0 saturated carbocycles. The Balaban J connectivity index is 1.99. The molecular weight excluding hydrogens is 672 g/mol. The third-order valence-corrected chi connectivity index (χ3v) is 9.82. The second kappa shape index (κ2) is 11.9. The fourth-order valence-corrected chi connectivity index (χ4v) is 8.40. The molecule has 34 heavy (non-hydrogen) atoms. The van der Waals surface area contributed by atoms with Crippen molar-refractivity contribution >= 4 is 86.2 Å². The molecule has 0 radical (unpaired) electrons. The van der Waals surface area contributed by atoms with E-state index in [0.29, 0.717) is 45.1 Å². The van der Waals surface area contributed by atoms with Crippen LogP contribution in [0.25, 0.3) is 10.2 Å². The summed E-state index contributed by atoms with van der Waals surface area (Å²) >= 11 is 19.2. The summed E-state index contributed by atoms with van der Waals surface area (Å²) < 4.78 is 4.48. The molecular formula is C24H27Br2Cl2N3O2Se. The van der Waals surface area contributed by atoms with Crippen molar-refractivity contribution in [3.05, 3.63) is 59.6 Å². The fraction of sp³-hybridized carbons (Fsp3) is 0.375. The summed E-state index contributed by atoms with van der Waals surface area (Å²) in [4.78, 5) is 28.2. The zero-order chi connectivity index (χ0) is 25.2. The number of hydrogen-bond donors (Lipinski definition) is 0. The maximum atomic E-state index is 13.3. The number of carbonyl (C=O) groups excluding carboxylic acids is 2. The van der Waals surface area contributed by atoms with E-state index in [-0.39, 0.29) is 23.8 Å². The summed E-state index contributed by atoms with van der Waals surface area (Å²) in [5, 5.41) is 5.57. The average Bonchev–Trinajstić information content (AvgIpc) is 3.29. The molecule has 0 aliphatic carbocycles. The van der Waals surface area contributed by atoms with Crippen LogP contribution >= 0.6 is 55.1 Å². The van der Waals surface area contributed by atoms with Gasteiger partial charge >= 0.3 is 235 Å². The topological polar surface area (TPSA) is 55.2 Å². The van der Waals surface area contributed by atoms with Gasteiger partial charge in [0, 0.05) is 0 Å². The molecule has 0 spiro atoms. The standard InChI is InChI=1S/C24H27Br2Cl2N3O2Se/c1-13(2)11-30(12-14(3)4)21(33)10-18(32)23-22(26)24(19-7-8-20(25)34-19)31(29-23)17-6-5-15(27)9-16(17)28/h5-9,13-14H,10-12,34H2,1-4H3. The summed E-state index contributed by atoms with van der Waals surface area (Å²) in [6.07, 6.45) is 3.81. The number of hydrogen-bond acceptors (Lipinski definition) is 3. The van der Waals surface area contributed by atoms with E-state index in [2.05, 4.69) is 64.7 Å². The normalized spacial score (nSPS) is 14.6. The number of carbonyl (C=O) groups is 2. The first-order valence-electron chi connectivity index (χ1n) is 10.9. The molecule has 1 aliphatic heterocycles. The second-order valence-electron chi connectivity index (χ2n) is 8.93. The van der Waals surface area contributed by atoms with Crippen molar-refractivity contribution in [3.8, 4) is 5.69 Å². The Kier molecular flexibility index (Phi) is 9.69. The van der Waals surface area contributed by atoms with Crippen LogP contribution in [0.3, 0.4) is 0 Å². The van der Waals surface area contributed by atoms with E-state index in [1.807, 2.05) is 12.2 Å². The number of amides is 1. The van der Waals surface area contributed by atoms with Crippen molar-refractivity contribution in [2.45, 2.75) is 34.1 Å². The van der Waals surface area contributed by atoms with Crippen molar-refractivity contribution in [2.75, 3.05) is 13.1 Å². The average molecular weight is 699 g/mol. The SMILES string of the molecule is CC(C)CN(CC(C)C)C(=O)CC(=O)c1nn(-c2ccc(Cl)cc2Cl)c(C2=CC=C(Br)[SeH2]2)c1Br. The molecule has 184 valence electrons. The van der Waals surface area contributed by atoms with E-state index < -0.39 is 15.0 Å². The summed E-state index contributed by atoms with van der Waals surface area (Å²) in [5.74, 6) is 0.113. The van der Waals surface area contributed by atoms with Crippen LogP contribution in [-0.2, 0) is 4.79 Å². The van der Waals surface area contributed by atoms with Crippen LogP contribution in [0.1, 0.15) is 50.3 Å². The van der Waals surface area contributed by atoms with Crippen LogP contribution in [0, 0.1) is 11.8 Å². The molecule has 1 aliphatic rings.